The molecule has 1 aromatic heterocycles. The zero-order chi connectivity index (χ0) is 22.6. The summed E-state index contributed by atoms with van der Waals surface area (Å²) in [4.78, 5) is 20.0. The molecule has 1 aliphatic heterocycles. The SMILES string of the molecule is Cc1ccc(N(CC2CCN(CCNS(C)(=O)=O)CC2)C(=O)O)c(-c2nc(C)no2)c1. The molecule has 2 aromatic rings. The highest BCUT2D eigenvalue weighted by atomic mass is 32.2. The Morgan fingerprint density at radius 1 is 1.32 bits per heavy atom. The Bertz CT molecular complexity index is 1010. The maximum atomic E-state index is 12.1. The number of sulfonamides is 1. The van der Waals surface area contributed by atoms with Crippen molar-refractivity contribution in [1.29, 1.82) is 0 Å². The Morgan fingerprint density at radius 2 is 2.03 bits per heavy atom. The smallest absolute Gasteiger partial charge is 0.411 e. The Morgan fingerprint density at radius 3 is 2.61 bits per heavy atom. The standard InChI is InChI=1S/C20H29N5O5S/c1-14-4-5-18(17(12-14)19-22-15(2)23-30-19)25(20(26)27)13-16-6-9-24(10-7-16)11-8-21-31(3,28)29/h4-5,12,16,21H,6-11,13H2,1-3H3,(H,26,27). The van der Waals surface area contributed by atoms with Crippen LogP contribution in [0.3, 0.4) is 0 Å². The van der Waals surface area contributed by atoms with Crippen LogP contribution >= 0.6 is 0 Å². The number of carbonyl (C=O) groups is 1. The summed E-state index contributed by atoms with van der Waals surface area (Å²) in [5.74, 6) is 0.992. The van der Waals surface area contributed by atoms with E-state index >= 15 is 0 Å². The molecular weight excluding hydrogens is 422 g/mol. The van der Waals surface area contributed by atoms with Crippen LogP contribution in [0, 0.1) is 19.8 Å². The van der Waals surface area contributed by atoms with Gasteiger partial charge in [-0.1, -0.05) is 16.8 Å². The highest BCUT2D eigenvalue weighted by Gasteiger charge is 2.27. The summed E-state index contributed by atoms with van der Waals surface area (Å²) in [6, 6.07) is 5.51. The fraction of sp³-hybridized carbons (Fsp3) is 0.550. The molecule has 10 nitrogen and oxygen atoms in total. The van der Waals surface area contributed by atoms with E-state index in [9.17, 15) is 18.3 Å². The monoisotopic (exact) mass is 451 g/mol. The second kappa shape index (κ2) is 9.75. The molecule has 2 N–H and O–H groups in total. The summed E-state index contributed by atoms with van der Waals surface area (Å²) in [6.07, 6.45) is 1.79. The Labute approximate surface area is 182 Å². The number of amides is 1. The van der Waals surface area contributed by atoms with Gasteiger partial charge in [-0.3, -0.25) is 4.90 Å². The largest absolute Gasteiger partial charge is 0.465 e. The number of piperidine rings is 1. The number of carboxylic acid groups (broad SMARTS) is 1. The van der Waals surface area contributed by atoms with Crippen molar-refractivity contribution >= 4 is 21.8 Å². The third-order valence-electron chi connectivity index (χ3n) is 5.37. The van der Waals surface area contributed by atoms with Crippen LogP contribution in [0.4, 0.5) is 10.5 Å². The van der Waals surface area contributed by atoms with Crippen molar-refractivity contribution in [3.8, 4) is 11.5 Å². The van der Waals surface area contributed by atoms with Gasteiger partial charge in [-0.2, -0.15) is 4.98 Å². The van der Waals surface area contributed by atoms with Gasteiger partial charge >= 0.3 is 6.09 Å². The maximum absolute atomic E-state index is 12.1. The summed E-state index contributed by atoms with van der Waals surface area (Å²) >= 11 is 0. The van der Waals surface area contributed by atoms with E-state index in [4.69, 9.17) is 4.52 Å². The lowest BCUT2D eigenvalue weighted by atomic mass is 9.95. The first-order chi connectivity index (χ1) is 14.6. The molecule has 0 unspecified atom stereocenters. The van der Waals surface area contributed by atoms with Crippen molar-refractivity contribution in [3.63, 3.8) is 0 Å². The number of hydrogen-bond acceptors (Lipinski definition) is 7. The first kappa shape index (κ1) is 23.2. The quantitative estimate of drug-likeness (QED) is 0.624. The van der Waals surface area contributed by atoms with E-state index in [2.05, 4.69) is 19.8 Å². The molecule has 170 valence electrons. The van der Waals surface area contributed by atoms with Gasteiger partial charge in [0.05, 0.1) is 17.5 Å². The van der Waals surface area contributed by atoms with Crippen LogP contribution in [0.25, 0.3) is 11.5 Å². The average molecular weight is 452 g/mol. The van der Waals surface area contributed by atoms with Gasteiger partial charge in [0.2, 0.25) is 10.0 Å². The number of likely N-dealkylation sites (tertiary alicyclic amines) is 1. The van der Waals surface area contributed by atoms with Gasteiger partial charge in [0.15, 0.2) is 5.82 Å². The lowest BCUT2D eigenvalue weighted by molar-refractivity contribution is 0.180. The van der Waals surface area contributed by atoms with E-state index < -0.39 is 16.1 Å². The van der Waals surface area contributed by atoms with Gasteiger partial charge in [-0.05, 0) is 57.8 Å². The molecule has 1 amide bonds. The summed E-state index contributed by atoms with van der Waals surface area (Å²) in [5.41, 5.74) is 2.10. The predicted molar refractivity (Wildman–Crippen MR) is 117 cm³/mol. The zero-order valence-electron chi connectivity index (χ0n) is 18.0. The Balaban J connectivity index is 1.67. The number of aryl methyl sites for hydroxylation is 2. The molecule has 0 aliphatic carbocycles. The Hall–Kier alpha value is -2.50. The molecule has 1 saturated heterocycles. The fourth-order valence-electron chi connectivity index (χ4n) is 3.78. The third kappa shape index (κ3) is 6.49. The second-order valence-electron chi connectivity index (χ2n) is 8.01. The second-order valence-corrected chi connectivity index (χ2v) is 9.85. The van der Waals surface area contributed by atoms with Gasteiger partial charge < -0.3 is 14.5 Å². The van der Waals surface area contributed by atoms with Crippen LogP contribution in [-0.4, -0.2) is 73.6 Å². The van der Waals surface area contributed by atoms with Crippen LogP contribution in [0.15, 0.2) is 22.7 Å². The number of benzene rings is 1. The molecule has 1 aromatic carbocycles. The van der Waals surface area contributed by atoms with Crippen molar-refractivity contribution in [2.45, 2.75) is 26.7 Å². The number of nitrogens with zero attached hydrogens (tertiary/aromatic N) is 4. The van der Waals surface area contributed by atoms with Gasteiger partial charge in [0, 0.05) is 19.6 Å². The summed E-state index contributed by atoms with van der Waals surface area (Å²) in [6.45, 7) is 6.63. The molecule has 0 spiro atoms. The molecule has 11 heteroatoms. The van der Waals surface area contributed by atoms with E-state index in [1.54, 1.807) is 13.0 Å². The van der Waals surface area contributed by atoms with Gasteiger partial charge in [-0.15, -0.1) is 0 Å². The predicted octanol–water partition coefficient (Wildman–Crippen LogP) is 2.10. The van der Waals surface area contributed by atoms with Crippen molar-refractivity contribution in [1.82, 2.24) is 19.8 Å². The molecule has 0 saturated carbocycles. The first-order valence-corrected chi connectivity index (χ1v) is 12.1. The Kier molecular flexibility index (Phi) is 7.29. The third-order valence-corrected chi connectivity index (χ3v) is 6.10. The van der Waals surface area contributed by atoms with Crippen molar-refractivity contribution < 1.29 is 22.8 Å². The molecule has 0 atom stereocenters. The molecule has 0 bridgehead atoms. The first-order valence-electron chi connectivity index (χ1n) is 10.2. The number of nitrogens with one attached hydrogen (secondary N) is 1. The normalized spacial score (nSPS) is 15.8. The molecule has 2 heterocycles. The van der Waals surface area contributed by atoms with E-state index in [0.717, 1.165) is 37.8 Å². The maximum Gasteiger partial charge on any atom is 0.411 e. The highest BCUT2D eigenvalue weighted by Crippen LogP contribution is 2.32. The van der Waals surface area contributed by atoms with Crippen LogP contribution in [0.2, 0.25) is 0 Å². The zero-order valence-corrected chi connectivity index (χ0v) is 18.9. The molecule has 0 radical (unpaired) electrons. The van der Waals surface area contributed by atoms with Crippen molar-refractivity contribution in [2.75, 3.05) is 43.9 Å². The number of rotatable bonds is 8. The fourth-order valence-corrected chi connectivity index (χ4v) is 4.24. The summed E-state index contributed by atoms with van der Waals surface area (Å²) < 4.78 is 30.2. The minimum Gasteiger partial charge on any atom is -0.465 e. The number of hydrogen-bond donors (Lipinski definition) is 2. The lowest BCUT2D eigenvalue weighted by Gasteiger charge is -2.34. The van der Waals surface area contributed by atoms with E-state index in [1.807, 2.05) is 19.1 Å². The van der Waals surface area contributed by atoms with Gasteiger partial charge in [0.25, 0.3) is 5.89 Å². The van der Waals surface area contributed by atoms with Crippen molar-refractivity contribution in [3.05, 3.63) is 29.6 Å². The van der Waals surface area contributed by atoms with Crippen LogP contribution in [0.5, 0.6) is 0 Å². The molecule has 3 rings (SSSR count). The van der Waals surface area contributed by atoms with Crippen LogP contribution in [-0.2, 0) is 10.0 Å². The molecule has 31 heavy (non-hydrogen) atoms. The lowest BCUT2D eigenvalue weighted by Crippen LogP contribution is -2.43. The molecule has 1 fully saturated rings. The van der Waals surface area contributed by atoms with Crippen LogP contribution in [0.1, 0.15) is 24.2 Å². The topological polar surface area (TPSA) is 129 Å². The minimum atomic E-state index is -3.19. The number of anilines is 1. The average Bonchev–Trinajstić information content (AvgIpc) is 3.12. The van der Waals surface area contributed by atoms with Crippen LogP contribution < -0.4 is 9.62 Å². The van der Waals surface area contributed by atoms with E-state index in [-0.39, 0.29) is 5.92 Å². The minimum absolute atomic E-state index is 0.203. The number of aromatic nitrogens is 2. The van der Waals surface area contributed by atoms with E-state index in [0.29, 0.717) is 42.6 Å². The van der Waals surface area contributed by atoms with Gasteiger partial charge in [0.1, 0.15) is 0 Å². The van der Waals surface area contributed by atoms with Crippen molar-refractivity contribution in [2.24, 2.45) is 5.92 Å². The summed E-state index contributed by atoms with van der Waals surface area (Å²) in [7, 11) is -3.19. The summed E-state index contributed by atoms with van der Waals surface area (Å²) in [5, 5.41) is 13.8. The van der Waals surface area contributed by atoms with Gasteiger partial charge in [-0.25, -0.2) is 17.9 Å². The molecular formula is C20H29N5O5S. The van der Waals surface area contributed by atoms with E-state index in [1.165, 1.54) is 4.90 Å². The highest BCUT2D eigenvalue weighted by molar-refractivity contribution is 7.88. The molecule has 1 aliphatic rings.